The topological polar surface area (TPSA) is 275 Å². The van der Waals surface area contributed by atoms with E-state index in [9.17, 15) is 28.7 Å². The van der Waals surface area contributed by atoms with E-state index in [1.807, 2.05) is 24.3 Å². The zero-order valence-electron chi connectivity index (χ0n) is 22.0. The fourth-order valence-corrected chi connectivity index (χ4v) is 2.93. The Morgan fingerprint density at radius 2 is 0.850 bits per heavy atom. The van der Waals surface area contributed by atoms with Crippen LogP contribution in [0.5, 0.6) is 11.5 Å². The Balaban J connectivity index is -0.0000000961. The van der Waals surface area contributed by atoms with Gasteiger partial charge in [-0.15, -0.1) is 0 Å². The van der Waals surface area contributed by atoms with E-state index in [0.717, 1.165) is 0 Å². The van der Waals surface area contributed by atoms with Crippen molar-refractivity contribution in [2.75, 3.05) is 0 Å². The molecule has 0 aliphatic rings. The summed E-state index contributed by atoms with van der Waals surface area (Å²) in [5.41, 5.74) is 2.48. The molecule has 2 N–H and O–H groups in total. The largest absolute Gasteiger partial charge is 2.00 e. The molecular weight excluding hydrogens is 708 g/mol. The molecule has 22 heteroatoms. The number of rotatable bonds is 6. The van der Waals surface area contributed by atoms with E-state index >= 15 is 0 Å². The summed E-state index contributed by atoms with van der Waals surface area (Å²) in [6, 6.07) is 14.7. The Morgan fingerprint density at radius 3 is 0.950 bits per heavy atom. The summed E-state index contributed by atoms with van der Waals surface area (Å²) in [5.74, 6) is 1.99. The second-order valence-corrected chi connectivity index (χ2v) is 10.3. The summed E-state index contributed by atoms with van der Waals surface area (Å²) in [7, 11) is -16.5. The molecule has 0 aliphatic heterocycles. The molecule has 0 bridgehead atoms. The van der Waals surface area contributed by atoms with Gasteiger partial charge in [0.25, 0.3) is 0 Å². The Kier molecular flexibility index (Phi) is 35.6. The van der Waals surface area contributed by atoms with Crippen molar-refractivity contribution in [1.82, 2.24) is 0 Å². The zero-order valence-corrected chi connectivity index (χ0v) is 30.8. The van der Waals surface area contributed by atoms with Gasteiger partial charge < -0.3 is 51.9 Å². The van der Waals surface area contributed by atoms with E-state index in [1.54, 1.807) is 24.3 Å². The Morgan fingerprint density at radius 1 is 0.650 bits per heavy atom. The molecule has 15 nitrogen and oxygen atoms in total. The van der Waals surface area contributed by atoms with Gasteiger partial charge in [-0.25, -0.2) is 10.5 Å². The summed E-state index contributed by atoms with van der Waals surface area (Å²) < 4.78 is 55.2. The first-order valence-corrected chi connectivity index (χ1v) is 13.7. The second kappa shape index (κ2) is 26.5. The molecule has 0 saturated carbocycles. The first kappa shape index (κ1) is 53.7. The van der Waals surface area contributed by atoms with Crippen molar-refractivity contribution in [3.63, 3.8) is 0 Å². The van der Waals surface area contributed by atoms with Crippen molar-refractivity contribution < 1.29 is 164 Å². The molecule has 2 aromatic carbocycles. The standard InChI is InChI=1S/2C9H12O2.2Fe.2Na.H4O7P2.H2O4S/c2*1-7(2)8-3-5-9(11-10)6-4-8;;;;;1-8(2,3)7-9(4,5)6;1-5(2,3)4/h2*3-7,10H,1-2H3;;;;;(H2,1,2,3)(H2,4,5,6);(H2,1,2,3,4)/q;;2*+2;2*+1;;/p-6. The van der Waals surface area contributed by atoms with E-state index in [0.29, 0.717) is 23.3 Å². The maximum atomic E-state index is 9.32. The molecule has 0 atom stereocenters. The minimum absolute atomic E-state index is 0. The molecule has 220 valence electrons. The number of benzene rings is 2. The van der Waals surface area contributed by atoms with Gasteiger partial charge in [0.2, 0.25) is 0 Å². The van der Waals surface area contributed by atoms with Crippen molar-refractivity contribution >= 4 is 26.0 Å². The van der Waals surface area contributed by atoms with Gasteiger partial charge in [0, 0.05) is 10.4 Å². The van der Waals surface area contributed by atoms with Crippen LogP contribution in [0.1, 0.15) is 50.7 Å². The average Bonchev–Trinajstić information content (AvgIpc) is 2.71. The van der Waals surface area contributed by atoms with Crippen LogP contribution in [0.15, 0.2) is 48.5 Å². The molecule has 2 rings (SSSR count). The third kappa shape index (κ3) is 37.2. The molecule has 0 amide bonds. The first-order valence-electron chi connectivity index (χ1n) is 9.43. The molecule has 2 aromatic rings. The zero-order chi connectivity index (χ0) is 28.7. The van der Waals surface area contributed by atoms with Crippen molar-refractivity contribution in [3.05, 3.63) is 59.7 Å². The van der Waals surface area contributed by atoms with Crippen LogP contribution < -0.4 is 88.5 Å². The molecule has 0 saturated heterocycles. The van der Waals surface area contributed by atoms with Gasteiger partial charge in [0.05, 0.1) is 15.6 Å². The van der Waals surface area contributed by atoms with Crippen LogP contribution in [0.25, 0.3) is 0 Å². The SMILES string of the molecule is CC(C)c1ccc(OO)cc1.CC(C)c1ccc(OO)cc1.O=P([O-])([O-])OP(=O)([O-])[O-].O=S(=O)([O-])[O-].[Fe+2].[Fe+2].[Na+].[Na+]. The molecule has 0 aliphatic carbocycles. The molecule has 0 spiro atoms. The number of phosphoric acid groups is 2. The van der Waals surface area contributed by atoms with Crippen molar-refractivity contribution in [3.8, 4) is 11.5 Å². The van der Waals surface area contributed by atoms with Crippen LogP contribution in [0.2, 0.25) is 0 Å². The van der Waals surface area contributed by atoms with Gasteiger partial charge in [-0.2, -0.15) is 0 Å². The maximum absolute atomic E-state index is 9.32. The Hall–Kier alpha value is 1.13. The first-order chi connectivity index (χ1) is 16.2. The van der Waals surface area contributed by atoms with Gasteiger partial charge >= 0.3 is 93.3 Å². The predicted octanol–water partition coefficient (Wildman–Crippen LogP) is -5.35. The van der Waals surface area contributed by atoms with Crippen molar-refractivity contribution in [2.45, 2.75) is 39.5 Å². The predicted molar refractivity (Wildman–Crippen MR) is 114 cm³/mol. The van der Waals surface area contributed by atoms with Gasteiger partial charge in [-0.3, -0.25) is 8.42 Å². The Bertz CT molecular complexity index is 1000. The van der Waals surface area contributed by atoms with E-state index in [4.69, 9.17) is 28.0 Å². The van der Waals surface area contributed by atoms with Crippen LogP contribution in [-0.2, 0) is 58.0 Å². The monoisotopic (exact) mass is 732 g/mol. The van der Waals surface area contributed by atoms with Gasteiger partial charge in [-0.1, -0.05) is 52.0 Å². The second-order valence-electron chi connectivity index (χ2n) is 7.01. The van der Waals surface area contributed by atoms with Crippen molar-refractivity contribution in [2.24, 2.45) is 0 Å². The third-order valence-electron chi connectivity index (χ3n) is 3.50. The quantitative estimate of drug-likeness (QED) is 0.0701. The van der Waals surface area contributed by atoms with Gasteiger partial charge in [-0.05, 0) is 47.2 Å². The molecule has 0 radical (unpaired) electrons. The van der Waals surface area contributed by atoms with Crippen LogP contribution in [0.3, 0.4) is 0 Å². The fraction of sp³-hybridized carbons (Fsp3) is 0.333. The summed E-state index contributed by atoms with van der Waals surface area (Å²) in [4.78, 5) is 45.4. The van der Waals surface area contributed by atoms with Crippen LogP contribution in [-0.4, -0.2) is 28.0 Å². The van der Waals surface area contributed by atoms with Crippen LogP contribution >= 0.6 is 15.6 Å². The van der Waals surface area contributed by atoms with Crippen LogP contribution in [0, 0.1) is 0 Å². The average molecular weight is 732 g/mol. The molecule has 40 heavy (non-hydrogen) atoms. The van der Waals surface area contributed by atoms with E-state index in [2.05, 4.69) is 41.8 Å². The Labute approximate surface area is 297 Å². The molecule has 0 heterocycles. The smallest absolute Gasteiger partial charge is 0.790 e. The van der Waals surface area contributed by atoms with E-state index in [-0.39, 0.29) is 93.3 Å². The summed E-state index contributed by atoms with van der Waals surface area (Å²) in [6.45, 7) is 8.48. The van der Waals surface area contributed by atoms with Gasteiger partial charge in [0.15, 0.2) is 11.5 Å². The minimum atomic E-state index is -5.68. The van der Waals surface area contributed by atoms with E-state index < -0.39 is 26.0 Å². The van der Waals surface area contributed by atoms with Crippen molar-refractivity contribution in [1.29, 1.82) is 0 Å². The number of hydrogen-bond donors (Lipinski definition) is 2. The third-order valence-corrected chi connectivity index (χ3v) is 5.10. The molecule has 0 unspecified atom stereocenters. The summed E-state index contributed by atoms with van der Waals surface area (Å²) >= 11 is 0. The minimum Gasteiger partial charge on any atom is -0.790 e. The maximum Gasteiger partial charge on any atom is 2.00 e. The summed E-state index contributed by atoms with van der Waals surface area (Å²) in [5, 5.41) is 16.5. The molecule has 0 fully saturated rings. The van der Waals surface area contributed by atoms with Gasteiger partial charge in [0.1, 0.15) is 0 Å². The molecular formula is C18H24Fe2Na2O15P2S. The summed E-state index contributed by atoms with van der Waals surface area (Å²) in [6.07, 6.45) is 0. The number of hydrogen-bond acceptors (Lipinski definition) is 15. The fourth-order valence-electron chi connectivity index (χ4n) is 1.95. The normalized spacial score (nSPS) is 10.2. The van der Waals surface area contributed by atoms with Crippen LogP contribution in [0.4, 0.5) is 0 Å². The molecule has 0 aromatic heterocycles. The van der Waals surface area contributed by atoms with E-state index in [1.165, 1.54) is 11.1 Å².